The predicted molar refractivity (Wildman–Crippen MR) is 75.4 cm³/mol. The molecule has 1 aromatic carbocycles. The van der Waals surface area contributed by atoms with Crippen LogP contribution in [0.2, 0.25) is 0 Å². The Morgan fingerprint density at radius 1 is 1.32 bits per heavy atom. The molecule has 100 valence electrons. The van der Waals surface area contributed by atoms with E-state index < -0.39 is 11.8 Å². The summed E-state index contributed by atoms with van der Waals surface area (Å²) in [5.74, 6) is -1.84. The van der Waals surface area contributed by atoms with Crippen LogP contribution in [-0.4, -0.2) is 20.9 Å². The molecule has 0 aliphatic heterocycles. The maximum atomic E-state index is 14.2. The van der Waals surface area contributed by atoms with Crippen molar-refractivity contribution in [3.63, 3.8) is 0 Å². The Morgan fingerprint density at radius 3 is 2.42 bits per heavy atom. The second-order valence-electron chi connectivity index (χ2n) is 3.96. The monoisotopic (exact) mass is 390 g/mol. The largest absolute Gasteiger partial charge is 0.478 e. The van der Waals surface area contributed by atoms with Crippen molar-refractivity contribution in [1.82, 2.24) is 9.78 Å². The summed E-state index contributed by atoms with van der Waals surface area (Å²) in [7, 11) is 0. The van der Waals surface area contributed by atoms with Crippen molar-refractivity contribution in [1.29, 1.82) is 0 Å². The summed E-state index contributed by atoms with van der Waals surface area (Å²) in [5, 5.41) is 13.1. The van der Waals surface area contributed by atoms with Crippen molar-refractivity contribution in [3.05, 3.63) is 43.8 Å². The van der Waals surface area contributed by atoms with Crippen molar-refractivity contribution in [2.75, 3.05) is 0 Å². The number of rotatable bonds is 2. The van der Waals surface area contributed by atoms with E-state index in [1.807, 2.05) is 0 Å². The van der Waals surface area contributed by atoms with Gasteiger partial charge in [0, 0.05) is 0 Å². The van der Waals surface area contributed by atoms with E-state index in [1.54, 1.807) is 13.8 Å². The number of benzene rings is 1. The normalized spacial score (nSPS) is 10.8. The highest BCUT2D eigenvalue weighted by molar-refractivity contribution is 9.10. The molecule has 0 aliphatic rings. The van der Waals surface area contributed by atoms with Crippen LogP contribution in [0.5, 0.6) is 0 Å². The minimum Gasteiger partial charge on any atom is -0.478 e. The third-order valence-corrected chi connectivity index (χ3v) is 4.65. The van der Waals surface area contributed by atoms with Gasteiger partial charge >= 0.3 is 5.97 Å². The molecule has 0 saturated carbocycles. The maximum Gasteiger partial charge on any atom is 0.336 e. The molecule has 0 unspecified atom stereocenters. The molecule has 0 saturated heterocycles. The minimum atomic E-state index is -1.19. The molecule has 2 aromatic rings. The second kappa shape index (κ2) is 5.05. The topological polar surface area (TPSA) is 55.1 Å². The van der Waals surface area contributed by atoms with Gasteiger partial charge in [-0.3, -0.25) is 0 Å². The van der Waals surface area contributed by atoms with E-state index in [4.69, 9.17) is 5.11 Å². The van der Waals surface area contributed by atoms with Crippen LogP contribution in [0.4, 0.5) is 4.39 Å². The molecular formula is C12H9Br2FN2O2. The molecule has 1 heterocycles. The molecular weight excluding hydrogens is 383 g/mol. The number of aromatic carboxylic acids is 1. The fourth-order valence-electron chi connectivity index (χ4n) is 1.73. The van der Waals surface area contributed by atoms with Gasteiger partial charge in [-0.2, -0.15) is 5.10 Å². The lowest BCUT2D eigenvalue weighted by molar-refractivity contribution is 0.0695. The molecule has 0 radical (unpaired) electrons. The molecule has 7 heteroatoms. The first-order chi connectivity index (χ1) is 8.84. The van der Waals surface area contributed by atoms with Crippen LogP contribution in [0.15, 0.2) is 21.1 Å². The van der Waals surface area contributed by atoms with Crippen molar-refractivity contribution < 1.29 is 14.3 Å². The van der Waals surface area contributed by atoms with Gasteiger partial charge in [0.1, 0.15) is 5.69 Å². The van der Waals surface area contributed by atoms with Gasteiger partial charge in [-0.05, 0) is 57.8 Å². The Balaban J connectivity index is 2.67. The van der Waals surface area contributed by atoms with Crippen LogP contribution in [0.25, 0.3) is 5.69 Å². The minimum absolute atomic E-state index is 0.0822. The Bertz CT molecular complexity index is 683. The summed E-state index contributed by atoms with van der Waals surface area (Å²) in [6, 6.07) is 2.74. The first-order valence-corrected chi connectivity index (χ1v) is 6.86. The Labute approximate surface area is 125 Å². The van der Waals surface area contributed by atoms with Gasteiger partial charge < -0.3 is 5.11 Å². The number of aromatic nitrogens is 2. The van der Waals surface area contributed by atoms with Crippen LogP contribution in [0, 0.1) is 19.7 Å². The van der Waals surface area contributed by atoms with Crippen LogP contribution < -0.4 is 0 Å². The van der Waals surface area contributed by atoms with Gasteiger partial charge in [0.25, 0.3) is 0 Å². The van der Waals surface area contributed by atoms with E-state index in [-0.39, 0.29) is 15.7 Å². The average Bonchev–Trinajstić information content (AvgIpc) is 2.60. The second-order valence-corrected chi connectivity index (χ2v) is 5.55. The van der Waals surface area contributed by atoms with Gasteiger partial charge in [0.05, 0.1) is 25.9 Å². The fourth-order valence-corrected chi connectivity index (χ4v) is 2.48. The van der Waals surface area contributed by atoms with E-state index in [9.17, 15) is 9.18 Å². The fraction of sp³-hybridized carbons (Fsp3) is 0.167. The van der Waals surface area contributed by atoms with Gasteiger partial charge in [-0.1, -0.05) is 0 Å². The van der Waals surface area contributed by atoms with E-state index in [2.05, 4.69) is 37.0 Å². The van der Waals surface area contributed by atoms with Crippen molar-refractivity contribution in [2.24, 2.45) is 0 Å². The van der Waals surface area contributed by atoms with E-state index in [0.717, 1.165) is 15.9 Å². The first-order valence-electron chi connectivity index (χ1n) is 5.28. The molecule has 0 spiro atoms. The Kier molecular flexibility index (Phi) is 3.78. The van der Waals surface area contributed by atoms with Crippen molar-refractivity contribution in [3.8, 4) is 5.69 Å². The number of halogens is 3. The highest BCUT2D eigenvalue weighted by Gasteiger charge is 2.19. The third-order valence-electron chi connectivity index (χ3n) is 2.72. The zero-order valence-electron chi connectivity index (χ0n) is 10.0. The number of hydrogen-bond acceptors (Lipinski definition) is 2. The molecule has 0 atom stereocenters. The highest BCUT2D eigenvalue weighted by atomic mass is 79.9. The predicted octanol–water partition coefficient (Wildman–Crippen LogP) is 3.85. The zero-order chi connectivity index (χ0) is 14.3. The van der Waals surface area contributed by atoms with Crippen LogP contribution in [-0.2, 0) is 0 Å². The molecule has 19 heavy (non-hydrogen) atoms. The smallest absolute Gasteiger partial charge is 0.336 e. The number of carbonyl (C=O) groups is 1. The Morgan fingerprint density at radius 2 is 1.95 bits per heavy atom. The summed E-state index contributed by atoms with van der Waals surface area (Å²) in [4.78, 5) is 10.9. The van der Waals surface area contributed by atoms with E-state index in [0.29, 0.717) is 0 Å². The molecule has 2 rings (SSSR count). The van der Waals surface area contributed by atoms with Gasteiger partial charge in [-0.15, -0.1) is 0 Å². The van der Waals surface area contributed by atoms with Crippen LogP contribution in [0.3, 0.4) is 0 Å². The SMILES string of the molecule is Cc1nn(-c2ccc(C(=O)O)c(Br)c2F)c(C)c1Br. The summed E-state index contributed by atoms with van der Waals surface area (Å²) < 4.78 is 16.4. The summed E-state index contributed by atoms with van der Waals surface area (Å²) in [5.41, 5.74) is 1.55. The van der Waals surface area contributed by atoms with E-state index in [1.165, 1.54) is 16.8 Å². The molecule has 0 fully saturated rings. The average molecular weight is 392 g/mol. The number of aryl methyl sites for hydroxylation is 1. The number of hydrogen-bond donors (Lipinski definition) is 1. The van der Waals surface area contributed by atoms with Crippen LogP contribution in [0.1, 0.15) is 21.7 Å². The van der Waals surface area contributed by atoms with Crippen LogP contribution >= 0.6 is 31.9 Å². The first kappa shape index (κ1) is 14.2. The van der Waals surface area contributed by atoms with Gasteiger partial charge in [0.15, 0.2) is 5.82 Å². The number of nitrogens with zero attached hydrogens (tertiary/aromatic N) is 2. The molecule has 1 aromatic heterocycles. The molecule has 0 aliphatic carbocycles. The van der Waals surface area contributed by atoms with Crippen molar-refractivity contribution in [2.45, 2.75) is 13.8 Å². The number of carboxylic acid groups (broad SMARTS) is 1. The molecule has 0 amide bonds. The molecule has 0 bridgehead atoms. The lowest BCUT2D eigenvalue weighted by atomic mass is 10.2. The molecule has 1 N–H and O–H groups in total. The van der Waals surface area contributed by atoms with Gasteiger partial charge in [0.2, 0.25) is 0 Å². The quantitative estimate of drug-likeness (QED) is 0.845. The summed E-state index contributed by atoms with van der Waals surface area (Å²) >= 11 is 6.34. The van der Waals surface area contributed by atoms with E-state index >= 15 is 0 Å². The maximum absolute atomic E-state index is 14.2. The lowest BCUT2D eigenvalue weighted by Gasteiger charge is -2.09. The highest BCUT2D eigenvalue weighted by Crippen LogP contribution is 2.29. The molecule has 4 nitrogen and oxygen atoms in total. The third kappa shape index (κ3) is 2.32. The standard InChI is InChI=1S/C12H9Br2FN2O2/c1-5-9(13)6(2)17(16-5)8-4-3-7(12(18)19)10(14)11(8)15/h3-4H,1-2H3,(H,18,19). The summed E-state index contributed by atoms with van der Waals surface area (Å²) in [6.07, 6.45) is 0. The van der Waals surface area contributed by atoms with Crippen molar-refractivity contribution >= 4 is 37.8 Å². The number of carboxylic acids is 1. The summed E-state index contributed by atoms with van der Waals surface area (Å²) in [6.45, 7) is 3.59. The zero-order valence-corrected chi connectivity index (χ0v) is 13.2. The Hall–Kier alpha value is -1.21. The lowest BCUT2D eigenvalue weighted by Crippen LogP contribution is -2.06. The van der Waals surface area contributed by atoms with Gasteiger partial charge in [-0.25, -0.2) is 13.9 Å².